The van der Waals surface area contributed by atoms with E-state index in [9.17, 15) is 4.79 Å². The van der Waals surface area contributed by atoms with Crippen LogP contribution in [0.5, 0.6) is 0 Å². The summed E-state index contributed by atoms with van der Waals surface area (Å²) in [5, 5.41) is 4.28. The smallest absolute Gasteiger partial charge is 0.242 e. The van der Waals surface area contributed by atoms with Crippen LogP contribution >= 0.6 is 11.3 Å². The molecule has 4 rings (SSSR count). The molecule has 152 valence electrons. The van der Waals surface area contributed by atoms with Crippen molar-refractivity contribution in [2.45, 2.75) is 27.7 Å². The van der Waals surface area contributed by atoms with E-state index < -0.39 is 0 Å². The Kier molecular flexibility index (Phi) is 5.41. The minimum Gasteiger partial charge on any atom is -0.368 e. The molecule has 0 unspecified atom stereocenters. The molecule has 0 saturated carbocycles. The summed E-state index contributed by atoms with van der Waals surface area (Å²) in [5.41, 5.74) is 5.09. The second kappa shape index (κ2) is 7.99. The highest BCUT2D eigenvalue weighted by Crippen LogP contribution is 2.32. The van der Waals surface area contributed by atoms with Crippen molar-refractivity contribution in [1.82, 2.24) is 14.9 Å². The fourth-order valence-corrected chi connectivity index (χ4v) is 4.86. The number of benzene rings is 1. The van der Waals surface area contributed by atoms with Gasteiger partial charge in [-0.05, 0) is 50.5 Å². The molecule has 1 aliphatic rings. The molecule has 0 aliphatic carbocycles. The summed E-state index contributed by atoms with van der Waals surface area (Å²) in [6.45, 7) is 11.9. The number of fused-ring (bicyclic) bond motifs is 1. The fourth-order valence-electron chi connectivity index (χ4n) is 3.86. The maximum absolute atomic E-state index is 12.8. The van der Waals surface area contributed by atoms with Gasteiger partial charge < -0.3 is 15.1 Å². The number of amides is 1. The lowest BCUT2D eigenvalue weighted by atomic mass is 10.1. The van der Waals surface area contributed by atoms with Gasteiger partial charge in [-0.3, -0.25) is 4.79 Å². The quantitative estimate of drug-likeness (QED) is 0.712. The molecule has 7 heteroatoms. The maximum atomic E-state index is 12.8. The van der Waals surface area contributed by atoms with Crippen LogP contribution in [0.1, 0.15) is 21.6 Å². The maximum Gasteiger partial charge on any atom is 0.242 e. The van der Waals surface area contributed by atoms with Crippen molar-refractivity contribution >= 4 is 39.0 Å². The third kappa shape index (κ3) is 3.79. The molecule has 0 atom stereocenters. The average Bonchev–Trinajstić information content (AvgIpc) is 3.03. The first-order valence-corrected chi connectivity index (χ1v) is 10.8. The second-order valence-electron chi connectivity index (χ2n) is 7.63. The van der Waals surface area contributed by atoms with Crippen LogP contribution in [-0.2, 0) is 4.79 Å². The number of hydrogen-bond acceptors (Lipinski definition) is 6. The molecule has 1 amide bonds. The molecule has 6 nitrogen and oxygen atoms in total. The molecule has 1 aromatic carbocycles. The molecule has 1 fully saturated rings. The largest absolute Gasteiger partial charge is 0.368 e. The van der Waals surface area contributed by atoms with Crippen molar-refractivity contribution in [2.75, 3.05) is 42.9 Å². The van der Waals surface area contributed by atoms with Crippen LogP contribution in [0.4, 0.5) is 11.5 Å². The number of thiophene rings is 1. The second-order valence-corrected chi connectivity index (χ2v) is 8.83. The zero-order valence-corrected chi connectivity index (χ0v) is 18.3. The zero-order valence-electron chi connectivity index (χ0n) is 17.5. The number of anilines is 2. The number of aromatic nitrogens is 2. The molecular weight excluding hydrogens is 382 g/mol. The Balaban J connectivity index is 1.38. The van der Waals surface area contributed by atoms with Crippen LogP contribution in [0.2, 0.25) is 0 Å². The van der Waals surface area contributed by atoms with Crippen LogP contribution in [0.15, 0.2) is 24.5 Å². The Morgan fingerprint density at radius 3 is 2.59 bits per heavy atom. The monoisotopic (exact) mass is 409 g/mol. The lowest BCUT2D eigenvalue weighted by molar-refractivity contribution is -0.129. The van der Waals surface area contributed by atoms with E-state index in [2.05, 4.69) is 66.1 Å². The molecule has 29 heavy (non-hydrogen) atoms. The van der Waals surface area contributed by atoms with E-state index in [4.69, 9.17) is 0 Å². The van der Waals surface area contributed by atoms with E-state index in [0.29, 0.717) is 0 Å². The normalized spacial score (nSPS) is 14.5. The van der Waals surface area contributed by atoms with E-state index in [-0.39, 0.29) is 12.5 Å². The summed E-state index contributed by atoms with van der Waals surface area (Å²) in [4.78, 5) is 28.0. The molecule has 0 bridgehead atoms. The van der Waals surface area contributed by atoms with Gasteiger partial charge in [-0.2, -0.15) is 0 Å². The van der Waals surface area contributed by atoms with E-state index in [1.807, 2.05) is 4.90 Å². The molecule has 1 N–H and O–H groups in total. The van der Waals surface area contributed by atoms with Gasteiger partial charge in [0.25, 0.3) is 0 Å². The van der Waals surface area contributed by atoms with Crippen LogP contribution in [-0.4, -0.2) is 53.5 Å². The van der Waals surface area contributed by atoms with Gasteiger partial charge in [-0.1, -0.05) is 12.1 Å². The van der Waals surface area contributed by atoms with Gasteiger partial charge in [0.15, 0.2) is 0 Å². The van der Waals surface area contributed by atoms with E-state index >= 15 is 0 Å². The van der Waals surface area contributed by atoms with Gasteiger partial charge in [-0.15, -0.1) is 11.3 Å². The first kappa shape index (κ1) is 19.6. The molecule has 3 aromatic rings. The average molecular weight is 410 g/mol. The van der Waals surface area contributed by atoms with Gasteiger partial charge in [0.1, 0.15) is 17.0 Å². The highest BCUT2D eigenvalue weighted by atomic mass is 32.1. The number of nitrogens with one attached hydrogen (secondary N) is 1. The van der Waals surface area contributed by atoms with Gasteiger partial charge in [-0.25, -0.2) is 9.97 Å². The summed E-state index contributed by atoms with van der Waals surface area (Å²) in [6.07, 6.45) is 1.56. The number of carbonyl (C=O) groups excluding carboxylic acids is 1. The Morgan fingerprint density at radius 2 is 1.83 bits per heavy atom. The number of hydrogen-bond donors (Lipinski definition) is 1. The van der Waals surface area contributed by atoms with Gasteiger partial charge in [0, 0.05) is 36.7 Å². The molecule has 3 heterocycles. The minimum atomic E-state index is 0.113. The SMILES string of the molecule is Cc1cccc(N2CCN(C(=O)CNc3ncnc4sc(C)c(C)c34)CC2)c1C. The predicted molar refractivity (Wildman–Crippen MR) is 120 cm³/mol. The molecule has 1 saturated heterocycles. The summed E-state index contributed by atoms with van der Waals surface area (Å²) < 4.78 is 0. The van der Waals surface area contributed by atoms with Crippen molar-refractivity contribution in [3.8, 4) is 0 Å². The summed E-state index contributed by atoms with van der Waals surface area (Å²) in [6, 6.07) is 6.42. The van der Waals surface area contributed by atoms with Crippen molar-refractivity contribution < 1.29 is 4.79 Å². The topological polar surface area (TPSA) is 61.4 Å². The third-order valence-electron chi connectivity index (χ3n) is 5.92. The molecule has 1 aliphatic heterocycles. The lowest BCUT2D eigenvalue weighted by Gasteiger charge is -2.37. The number of piperazine rings is 1. The number of nitrogens with zero attached hydrogens (tertiary/aromatic N) is 4. The predicted octanol–water partition coefficient (Wildman–Crippen LogP) is 3.69. The van der Waals surface area contributed by atoms with Crippen molar-refractivity contribution in [3.63, 3.8) is 0 Å². The van der Waals surface area contributed by atoms with E-state index in [1.165, 1.54) is 27.3 Å². The number of aryl methyl sites for hydroxylation is 3. The molecule has 0 radical (unpaired) electrons. The first-order chi connectivity index (χ1) is 14.0. The molecule has 2 aromatic heterocycles. The van der Waals surface area contributed by atoms with Gasteiger partial charge >= 0.3 is 0 Å². The zero-order chi connectivity index (χ0) is 20.5. The van der Waals surface area contributed by atoms with Crippen molar-refractivity contribution in [3.05, 3.63) is 46.1 Å². The third-order valence-corrected chi connectivity index (χ3v) is 7.04. The van der Waals surface area contributed by atoms with Crippen molar-refractivity contribution in [1.29, 1.82) is 0 Å². The Morgan fingerprint density at radius 1 is 1.07 bits per heavy atom. The van der Waals surface area contributed by atoms with Crippen LogP contribution < -0.4 is 10.2 Å². The Hall–Kier alpha value is -2.67. The highest BCUT2D eigenvalue weighted by Gasteiger charge is 2.22. The van der Waals surface area contributed by atoms with Gasteiger partial charge in [0.2, 0.25) is 5.91 Å². The van der Waals surface area contributed by atoms with E-state index in [0.717, 1.165) is 42.2 Å². The fraction of sp³-hybridized carbons (Fsp3) is 0.409. The van der Waals surface area contributed by atoms with E-state index in [1.54, 1.807) is 17.7 Å². The van der Waals surface area contributed by atoms with Crippen LogP contribution in [0.25, 0.3) is 10.2 Å². The first-order valence-electron chi connectivity index (χ1n) is 9.99. The molecular formula is C22H27N5OS. The number of carbonyl (C=O) groups is 1. The summed E-state index contributed by atoms with van der Waals surface area (Å²) in [7, 11) is 0. The highest BCUT2D eigenvalue weighted by molar-refractivity contribution is 7.18. The minimum absolute atomic E-state index is 0.113. The number of rotatable bonds is 4. The van der Waals surface area contributed by atoms with Crippen LogP contribution in [0.3, 0.4) is 0 Å². The Bertz CT molecular complexity index is 1050. The standard InChI is InChI=1S/C22H27N5OS/c1-14-6-5-7-18(15(14)2)26-8-10-27(11-9-26)19(28)12-23-21-20-16(3)17(4)29-22(20)25-13-24-21/h5-7,13H,8-12H2,1-4H3,(H,23,24,25). The molecule has 0 spiro atoms. The summed E-state index contributed by atoms with van der Waals surface area (Å²) in [5.74, 6) is 0.862. The van der Waals surface area contributed by atoms with Gasteiger partial charge in [0.05, 0.1) is 11.9 Å². The van der Waals surface area contributed by atoms with Crippen LogP contribution in [0, 0.1) is 27.7 Å². The van der Waals surface area contributed by atoms with Crippen molar-refractivity contribution in [2.24, 2.45) is 0 Å². The lowest BCUT2D eigenvalue weighted by Crippen LogP contribution is -2.50. The summed E-state index contributed by atoms with van der Waals surface area (Å²) >= 11 is 1.66. The Labute approximate surface area is 175 Å².